The molecule has 0 saturated heterocycles. The monoisotopic (exact) mass is 238 g/mol. The lowest BCUT2D eigenvalue weighted by atomic mass is 10.1. The predicted octanol–water partition coefficient (Wildman–Crippen LogP) is 1.26. The molecule has 0 saturated carbocycles. The first-order valence-corrected chi connectivity index (χ1v) is 5.12. The van der Waals surface area contributed by atoms with E-state index in [1.807, 2.05) is 0 Å². The largest absolute Gasteiger partial charge is 0.493 e. The van der Waals surface area contributed by atoms with E-state index < -0.39 is 5.97 Å². The molecule has 5 heteroatoms. The van der Waals surface area contributed by atoms with Crippen molar-refractivity contribution in [2.45, 2.75) is 12.8 Å². The third-order valence-electron chi connectivity index (χ3n) is 2.08. The van der Waals surface area contributed by atoms with E-state index in [0.717, 1.165) is 0 Å². The number of benzene rings is 1. The Kier molecular flexibility index (Phi) is 5.00. The zero-order valence-electron chi connectivity index (χ0n) is 9.51. The lowest BCUT2D eigenvalue weighted by Crippen LogP contribution is -2.07. The minimum atomic E-state index is -0.871. The fraction of sp³-hybridized carbons (Fsp3) is 0.333. The number of ether oxygens (including phenoxy) is 2. The molecule has 1 N–H and O–H groups in total. The maximum Gasteiger partial charge on any atom is 0.308 e. The third kappa shape index (κ3) is 5.01. The fourth-order valence-electron chi connectivity index (χ4n) is 1.23. The fourth-order valence-corrected chi connectivity index (χ4v) is 1.23. The molecular formula is C12H14O5. The van der Waals surface area contributed by atoms with Crippen LogP contribution in [0.5, 0.6) is 5.75 Å². The average molecular weight is 238 g/mol. The van der Waals surface area contributed by atoms with E-state index in [2.05, 4.69) is 4.74 Å². The van der Waals surface area contributed by atoms with Gasteiger partial charge in [0.15, 0.2) is 0 Å². The summed E-state index contributed by atoms with van der Waals surface area (Å²) in [5.74, 6) is -0.597. The van der Waals surface area contributed by atoms with Crippen molar-refractivity contribution in [3.63, 3.8) is 0 Å². The maximum absolute atomic E-state index is 10.8. The van der Waals surface area contributed by atoms with Gasteiger partial charge in [0.25, 0.3) is 0 Å². The number of rotatable bonds is 6. The second-order valence-electron chi connectivity index (χ2n) is 3.39. The van der Waals surface area contributed by atoms with E-state index in [-0.39, 0.29) is 25.4 Å². The topological polar surface area (TPSA) is 72.8 Å². The number of esters is 1. The summed E-state index contributed by atoms with van der Waals surface area (Å²) in [6.07, 6.45) is 0.176. The van der Waals surface area contributed by atoms with Crippen LogP contribution in [0.15, 0.2) is 24.3 Å². The SMILES string of the molecule is COC(=O)CCOc1ccc(CC(=O)O)cc1. The zero-order valence-corrected chi connectivity index (χ0v) is 9.51. The first-order chi connectivity index (χ1) is 8.11. The second-order valence-corrected chi connectivity index (χ2v) is 3.39. The molecule has 0 aliphatic rings. The van der Waals surface area contributed by atoms with Gasteiger partial charge < -0.3 is 14.6 Å². The Hall–Kier alpha value is -2.04. The van der Waals surface area contributed by atoms with E-state index >= 15 is 0 Å². The molecule has 17 heavy (non-hydrogen) atoms. The highest BCUT2D eigenvalue weighted by molar-refractivity contribution is 5.70. The summed E-state index contributed by atoms with van der Waals surface area (Å²) < 4.78 is 9.76. The van der Waals surface area contributed by atoms with Crippen molar-refractivity contribution < 1.29 is 24.2 Å². The highest BCUT2D eigenvalue weighted by atomic mass is 16.5. The molecular weight excluding hydrogens is 224 g/mol. The average Bonchev–Trinajstić information content (AvgIpc) is 2.30. The van der Waals surface area contributed by atoms with Gasteiger partial charge in [-0.25, -0.2) is 0 Å². The summed E-state index contributed by atoms with van der Waals surface area (Å²) >= 11 is 0. The normalized spacial score (nSPS) is 9.71. The molecule has 0 radical (unpaired) electrons. The van der Waals surface area contributed by atoms with Crippen molar-refractivity contribution in [2.24, 2.45) is 0 Å². The molecule has 1 aromatic rings. The molecule has 0 heterocycles. The van der Waals surface area contributed by atoms with E-state index in [1.165, 1.54) is 7.11 Å². The lowest BCUT2D eigenvalue weighted by Gasteiger charge is -2.05. The van der Waals surface area contributed by atoms with Crippen LogP contribution in [0.3, 0.4) is 0 Å². The van der Waals surface area contributed by atoms with Gasteiger partial charge in [-0.1, -0.05) is 12.1 Å². The van der Waals surface area contributed by atoms with Crippen molar-refractivity contribution >= 4 is 11.9 Å². The Morgan fingerprint density at radius 1 is 1.24 bits per heavy atom. The van der Waals surface area contributed by atoms with Crippen LogP contribution in [0.2, 0.25) is 0 Å². The summed E-state index contributed by atoms with van der Waals surface area (Å²) in [6.45, 7) is 0.241. The summed E-state index contributed by atoms with van der Waals surface area (Å²) in [5.41, 5.74) is 0.706. The third-order valence-corrected chi connectivity index (χ3v) is 2.08. The van der Waals surface area contributed by atoms with Crippen LogP contribution >= 0.6 is 0 Å². The standard InChI is InChI=1S/C12H14O5/c1-16-12(15)6-7-17-10-4-2-9(3-5-10)8-11(13)14/h2-5H,6-8H2,1H3,(H,13,14). The van der Waals surface area contributed by atoms with Crippen molar-refractivity contribution in [1.82, 2.24) is 0 Å². The molecule has 0 aliphatic carbocycles. The van der Waals surface area contributed by atoms with E-state index in [1.54, 1.807) is 24.3 Å². The van der Waals surface area contributed by atoms with Gasteiger partial charge in [0.05, 0.1) is 26.6 Å². The molecule has 0 bridgehead atoms. The zero-order chi connectivity index (χ0) is 12.7. The first-order valence-electron chi connectivity index (χ1n) is 5.12. The van der Waals surface area contributed by atoms with Gasteiger partial charge in [-0.2, -0.15) is 0 Å². The Bertz CT molecular complexity index is 382. The van der Waals surface area contributed by atoms with Gasteiger partial charge in [0.1, 0.15) is 5.75 Å². The molecule has 1 rings (SSSR count). The number of carbonyl (C=O) groups is 2. The Labute approximate surface area is 99.0 Å². The van der Waals surface area contributed by atoms with Gasteiger partial charge in [-0.05, 0) is 17.7 Å². The molecule has 0 aromatic heterocycles. The molecule has 0 atom stereocenters. The van der Waals surface area contributed by atoms with Crippen LogP contribution in [0.1, 0.15) is 12.0 Å². The van der Waals surface area contributed by atoms with Crippen molar-refractivity contribution in [2.75, 3.05) is 13.7 Å². The molecule has 0 fully saturated rings. The number of hydrogen-bond donors (Lipinski definition) is 1. The predicted molar refractivity (Wildman–Crippen MR) is 59.9 cm³/mol. The summed E-state index contributed by atoms with van der Waals surface area (Å²) in [6, 6.07) is 6.72. The molecule has 1 aromatic carbocycles. The van der Waals surface area contributed by atoms with Crippen LogP contribution in [-0.4, -0.2) is 30.8 Å². The quantitative estimate of drug-likeness (QED) is 0.755. The minimum absolute atomic E-state index is 0.0115. The van der Waals surface area contributed by atoms with Gasteiger partial charge in [-0.3, -0.25) is 9.59 Å². The number of carboxylic acid groups (broad SMARTS) is 1. The molecule has 0 unspecified atom stereocenters. The van der Waals surface area contributed by atoms with Crippen LogP contribution in [0.4, 0.5) is 0 Å². The van der Waals surface area contributed by atoms with Crippen molar-refractivity contribution in [1.29, 1.82) is 0 Å². The van der Waals surface area contributed by atoms with Crippen LogP contribution in [-0.2, 0) is 20.7 Å². The smallest absolute Gasteiger partial charge is 0.308 e. The summed E-state index contributed by atoms with van der Waals surface area (Å²) in [7, 11) is 1.32. The van der Waals surface area contributed by atoms with E-state index in [4.69, 9.17) is 9.84 Å². The van der Waals surface area contributed by atoms with Crippen LogP contribution in [0, 0.1) is 0 Å². The number of carbonyl (C=O) groups excluding carboxylic acids is 1. The maximum atomic E-state index is 10.8. The number of carboxylic acids is 1. The van der Waals surface area contributed by atoms with Crippen LogP contribution < -0.4 is 4.74 Å². The van der Waals surface area contributed by atoms with Gasteiger partial charge in [0.2, 0.25) is 0 Å². The Balaban J connectivity index is 2.40. The molecule has 0 aliphatic heterocycles. The lowest BCUT2D eigenvalue weighted by molar-refractivity contribution is -0.141. The second kappa shape index (κ2) is 6.52. The summed E-state index contributed by atoms with van der Waals surface area (Å²) in [5, 5.41) is 8.58. The van der Waals surface area contributed by atoms with Crippen molar-refractivity contribution in [3.05, 3.63) is 29.8 Å². The highest BCUT2D eigenvalue weighted by Gasteiger charge is 2.02. The minimum Gasteiger partial charge on any atom is -0.493 e. The molecule has 92 valence electrons. The van der Waals surface area contributed by atoms with E-state index in [0.29, 0.717) is 11.3 Å². The summed E-state index contributed by atoms with van der Waals surface area (Å²) in [4.78, 5) is 21.3. The first kappa shape index (κ1) is 13.0. The van der Waals surface area contributed by atoms with E-state index in [9.17, 15) is 9.59 Å². The Morgan fingerprint density at radius 2 is 1.88 bits per heavy atom. The number of aliphatic carboxylic acids is 1. The number of methoxy groups -OCH3 is 1. The van der Waals surface area contributed by atoms with Crippen LogP contribution in [0.25, 0.3) is 0 Å². The molecule has 0 spiro atoms. The van der Waals surface area contributed by atoms with Gasteiger partial charge in [-0.15, -0.1) is 0 Å². The van der Waals surface area contributed by atoms with Gasteiger partial charge in [0, 0.05) is 0 Å². The molecule has 5 nitrogen and oxygen atoms in total. The molecule has 0 amide bonds. The Morgan fingerprint density at radius 3 is 2.41 bits per heavy atom. The van der Waals surface area contributed by atoms with Crippen molar-refractivity contribution in [3.8, 4) is 5.75 Å². The highest BCUT2D eigenvalue weighted by Crippen LogP contribution is 2.12. The number of hydrogen-bond acceptors (Lipinski definition) is 4. The van der Waals surface area contributed by atoms with Gasteiger partial charge >= 0.3 is 11.9 Å².